The minimum Gasteiger partial charge on any atom is -0.192 e. The first-order valence-electron chi connectivity index (χ1n) is 4.31. The van der Waals surface area contributed by atoms with Crippen molar-refractivity contribution in [3.63, 3.8) is 0 Å². The fourth-order valence-corrected chi connectivity index (χ4v) is 1.53. The number of nitrogens with zero attached hydrogens (tertiary/aromatic N) is 2. The minimum absolute atomic E-state index is 0.0272. The molecule has 0 atom stereocenters. The van der Waals surface area contributed by atoms with E-state index in [4.69, 9.17) is 33.7 Å². The van der Waals surface area contributed by atoms with Crippen LogP contribution in [0.2, 0.25) is 10.0 Å². The van der Waals surface area contributed by atoms with Gasteiger partial charge in [0.2, 0.25) is 0 Å². The van der Waals surface area contributed by atoms with Crippen LogP contribution < -0.4 is 0 Å². The lowest BCUT2D eigenvalue weighted by molar-refractivity contribution is 1.46. The van der Waals surface area contributed by atoms with Gasteiger partial charge in [-0.2, -0.15) is 10.5 Å². The molecule has 0 aromatic heterocycles. The van der Waals surface area contributed by atoms with E-state index in [9.17, 15) is 0 Å². The van der Waals surface area contributed by atoms with Crippen LogP contribution in [0.3, 0.4) is 0 Å². The van der Waals surface area contributed by atoms with Crippen molar-refractivity contribution in [1.82, 2.24) is 0 Å². The number of hydrogen-bond donors (Lipinski definition) is 0. The Labute approximate surface area is 104 Å². The number of rotatable bonds is 2. The van der Waals surface area contributed by atoms with Gasteiger partial charge in [0.1, 0.15) is 17.7 Å². The van der Waals surface area contributed by atoms with Gasteiger partial charge in [-0.3, -0.25) is 0 Å². The molecule has 1 aromatic rings. The monoisotopic (exact) mass is 248 g/mol. The maximum atomic E-state index is 8.51. The van der Waals surface area contributed by atoms with Crippen LogP contribution in [0.1, 0.15) is 5.56 Å². The van der Waals surface area contributed by atoms with Gasteiger partial charge < -0.3 is 0 Å². The summed E-state index contributed by atoms with van der Waals surface area (Å²) in [6, 6.07) is 8.67. The summed E-state index contributed by atoms with van der Waals surface area (Å²) in [5, 5.41) is 18.1. The lowest BCUT2D eigenvalue weighted by Gasteiger charge is -1.99. The third-order valence-corrected chi connectivity index (χ3v) is 2.43. The predicted molar refractivity (Wildman–Crippen MR) is 64.8 cm³/mol. The Bertz CT molecular complexity index is 495. The zero-order valence-electron chi connectivity index (χ0n) is 8.11. The third kappa shape index (κ3) is 3.14. The Morgan fingerprint density at radius 1 is 1.12 bits per heavy atom. The van der Waals surface area contributed by atoms with Crippen molar-refractivity contribution in [2.45, 2.75) is 0 Å². The minimum atomic E-state index is 0.0272. The molecule has 0 aliphatic carbocycles. The van der Waals surface area contributed by atoms with Gasteiger partial charge in [-0.25, -0.2) is 0 Å². The summed E-state index contributed by atoms with van der Waals surface area (Å²) in [4.78, 5) is 0. The maximum Gasteiger partial charge on any atom is 0.129 e. The molecule has 0 unspecified atom stereocenters. The first kappa shape index (κ1) is 12.3. The summed E-state index contributed by atoms with van der Waals surface area (Å²) in [6.07, 6.45) is 4.62. The average Bonchev–Trinajstić information content (AvgIpc) is 2.28. The predicted octanol–water partition coefficient (Wildman–Crippen LogP) is 3.98. The van der Waals surface area contributed by atoms with Crippen LogP contribution in [-0.2, 0) is 0 Å². The average molecular weight is 249 g/mol. The van der Waals surface area contributed by atoms with Gasteiger partial charge in [-0.1, -0.05) is 41.4 Å². The maximum absolute atomic E-state index is 8.51. The van der Waals surface area contributed by atoms with Gasteiger partial charge in [-0.15, -0.1) is 0 Å². The summed E-state index contributed by atoms with van der Waals surface area (Å²) in [6.45, 7) is 0. The molecule has 1 rings (SSSR count). The van der Waals surface area contributed by atoms with E-state index in [-0.39, 0.29) is 5.57 Å². The molecular weight excluding hydrogens is 243 g/mol. The highest BCUT2D eigenvalue weighted by Gasteiger charge is 2.00. The van der Waals surface area contributed by atoms with Crippen molar-refractivity contribution in [3.8, 4) is 12.1 Å². The summed E-state index contributed by atoms with van der Waals surface area (Å²) < 4.78 is 0. The Hall–Kier alpha value is -1.74. The third-order valence-electron chi connectivity index (χ3n) is 1.77. The molecule has 0 N–H and O–H groups in total. The van der Waals surface area contributed by atoms with Gasteiger partial charge in [0.25, 0.3) is 0 Å². The summed E-state index contributed by atoms with van der Waals surface area (Å²) in [5.41, 5.74) is 0.691. The quantitative estimate of drug-likeness (QED) is 0.587. The van der Waals surface area contributed by atoms with Crippen LogP contribution in [-0.4, -0.2) is 0 Å². The van der Waals surface area contributed by atoms with E-state index in [1.54, 1.807) is 42.5 Å². The molecule has 0 heterocycles. The number of halogens is 2. The molecule has 0 bridgehead atoms. The van der Waals surface area contributed by atoms with E-state index in [1.165, 1.54) is 6.08 Å². The van der Waals surface area contributed by atoms with Crippen molar-refractivity contribution >= 4 is 29.3 Å². The van der Waals surface area contributed by atoms with Gasteiger partial charge >= 0.3 is 0 Å². The smallest absolute Gasteiger partial charge is 0.129 e. The van der Waals surface area contributed by atoms with E-state index in [0.29, 0.717) is 15.6 Å². The standard InChI is InChI=1S/C12H6Cl2N2/c13-11-5-2-6-12(14)10(11)4-1-3-9(7-15)8-16/h1-6H/b4-1+. The second kappa shape index (κ2) is 5.98. The van der Waals surface area contributed by atoms with Crippen molar-refractivity contribution < 1.29 is 0 Å². The van der Waals surface area contributed by atoms with Crippen LogP contribution in [0, 0.1) is 22.7 Å². The second-order valence-corrected chi connectivity index (χ2v) is 3.61. The summed E-state index contributed by atoms with van der Waals surface area (Å²) in [7, 11) is 0. The molecule has 2 nitrogen and oxygen atoms in total. The van der Waals surface area contributed by atoms with Crippen LogP contribution in [0.25, 0.3) is 6.08 Å². The highest BCUT2D eigenvalue weighted by Crippen LogP contribution is 2.25. The number of benzene rings is 1. The second-order valence-electron chi connectivity index (χ2n) is 2.80. The Balaban J connectivity index is 2.99. The van der Waals surface area contributed by atoms with Gasteiger partial charge in [0.15, 0.2) is 0 Å². The van der Waals surface area contributed by atoms with Crippen molar-refractivity contribution in [3.05, 3.63) is 51.5 Å². The fraction of sp³-hybridized carbons (Fsp3) is 0. The highest BCUT2D eigenvalue weighted by molar-refractivity contribution is 6.37. The van der Waals surface area contributed by atoms with Gasteiger partial charge in [0, 0.05) is 15.6 Å². The van der Waals surface area contributed by atoms with Gasteiger partial charge in [0.05, 0.1) is 0 Å². The lowest BCUT2D eigenvalue weighted by Crippen LogP contribution is -1.76. The van der Waals surface area contributed by atoms with Crippen LogP contribution in [0.15, 0.2) is 35.9 Å². The number of hydrogen-bond acceptors (Lipinski definition) is 2. The molecule has 0 aliphatic rings. The SMILES string of the molecule is N#CC(C#N)=C/C=C/c1c(Cl)cccc1Cl. The molecule has 78 valence electrons. The molecule has 16 heavy (non-hydrogen) atoms. The molecule has 4 heteroatoms. The topological polar surface area (TPSA) is 47.6 Å². The van der Waals surface area contributed by atoms with Gasteiger partial charge in [-0.05, 0) is 18.2 Å². The Kier molecular flexibility index (Phi) is 4.61. The molecule has 1 aromatic carbocycles. The van der Waals surface area contributed by atoms with E-state index in [0.717, 1.165) is 0 Å². The van der Waals surface area contributed by atoms with Crippen molar-refractivity contribution in [2.75, 3.05) is 0 Å². The van der Waals surface area contributed by atoms with E-state index in [2.05, 4.69) is 0 Å². The fourth-order valence-electron chi connectivity index (χ4n) is 1.01. The summed E-state index contributed by atoms with van der Waals surface area (Å²) >= 11 is 11.9. The molecule has 0 radical (unpaired) electrons. The van der Waals surface area contributed by atoms with Crippen molar-refractivity contribution in [1.29, 1.82) is 10.5 Å². The zero-order valence-corrected chi connectivity index (χ0v) is 9.63. The van der Waals surface area contributed by atoms with E-state index < -0.39 is 0 Å². The molecule has 0 amide bonds. The molecule has 0 fully saturated rings. The summed E-state index contributed by atoms with van der Waals surface area (Å²) in [5.74, 6) is 0. The first-order chi connectivity index (χ1) is 7.69. The van der Waals surface area contributed by atoms with Crippen LogP contribution in [0.5, 0.6) is 0 Å². The highest BCUT2D eigenvalue weighted by atomic mass is 35.5. The van der Waals surface area contributed by atoms with Crippen molar-refractivity contribution in [2.24, 2.45) is 0 Å². The molecule has 0 aliphatic heterocycles. The Morgan fingerprint density at radius 2 is 1.69 bits per heavy atom. The Morgan fingerprint density at radius 3 is 2.19 bits per heavy atom. The normalized spacial score (nSPS) is 9.50. The first-order valence-corrected chi connectivity index (χ1v) is 5.07. The molecule has 0 saturated heterocycles. The molecule has 0 spiro atoms. The zero-order chi connectivity index (χ0) is 12.0. The largest absolute Gasteiger partial charge is 0.192 e. The molecular formula is C12H6Cl2N2. The number of allylic oxidation sites excluding steroid dienone is 3. The molecule has 0 saturated carbocycles. The van der Waals surface area contributed by atoms with Crippen LogP contribution in [0.4, 0.5) is 0 Å². The van der Waals surface area contributed by atoms with E-state index in [1.807, 2.05) is 0 Å². The number of nitriles is 2. The van der Waals surface area contributed by atoms with Crippen LogP contribution >= 0.6 is 23.2 Å². The lowest BCUT2D eigenvalue weighted by atomic mass is 10.2. The van der Waals surface area contributed by atoms with E-state index >= 15 is 0 Å².